The van der Waals surface area contributed by atoms with Gasteiger partial charge in [-0.1, -0.05) is 0 Å². The normalized spacial score (nSPS) is 15.7. The van der Waals surface area contributed by atoms with Gasteiger partial charge in [-0.05, 0) is 74.3 Å². The van der Waals surface area contributed by atoms with Gasteiger partial charge in [0, 0.05) is 29.7 Å². The van der Waals surface area contributed by atoms with Crippen molar-refractivity contribution in [3.8, 4) is 0 Å². The first kappa shape index (κ1) is 21.8. The van der Waals surface area contributed by atoms with E-state index in [2.05, 4.69) is 36.4 Å². The number of amides is 2. The van der Waals surface area contributed by atoms with Crippen LogP contribution in [0.2, 0.25) is 0 Å². The van der Waals surface area contributed by atoms with Gasteiger partial charge in [-0.3, -0.25) is 14.5 Å². The number of nitrogens with one attached hydrogen (secondary N) is 2. The number of nitrogens with zero attached hydrogens (tertiary/aromatic N) is 2. The average Bonchev–Trinajstić information content (AvgIpc) is 2.63. The Morgan fingerprint density at radius 1 is 1.33 bits per heavy atom. The minimum absolute atomic E-state index is 0.0310. The van der Waals surface area contributed by atoms with Crippen molar-refractivity contribution in [2.45, 2.75) is 39.2 Å². The number of aromatic nitrogens is 1. The lowest BCUT2D eigenvalue weighted by atomic mass is 9.96. The van der Waals surface area contributed by atoms with Crippen molar-refractivity contribution in [1.82, 2.24) is 15.2 Å². The number of anilines is 1. The fourth-order valence-corrected chi connectivity index (χ4v) is 3.17. The molecule has 1 aromatic heterocycles. The lowest BCUT2D eigenvalue weighted by molar-refractivity contribution is -0.126. The molecule has 1 aromatic rings. The molecule has 1 saturated heterocycles. The molecule has 7 nitrogen and oxygen atoms in total. The molecule has 0 bridgehead atoms. The zero-order valence-corrected chi connectivity index (χ0v) is 17.6. The van der Waals surface area contributed by atoms with Gasteiger partial charge in [-0.15, -0.1) is 0 Å². The fourth-order valence-electron chi connectivity index (χ4n) is 2.94. The molecule has 0 unspecified atom stereocenters. The number of rotatable bonds is 9. The van der Waals surface area contributed by atoms with Crippen LogP contribution in [0.4, 0.5) is 5.82 Å². The highest BCUT2D eigenvalue weighted by Gasteiger charge is 2.25. The largest absolute Gasteiger partial charge is 0.379 e. The Kier molecular flexibility index (Phi) is 9.17. The first-order chi connectivity index (χ1) is 12.9. The number of hydrogen-bond acceptors (Lipinski definition) is 5. The summed E-state index contributed by atoms with van der Waals surface area (Å²) in [7, 11) is 0. The molecule has 2 rings (SSSR count). The number of carbonyl (C=O) groups is 2. The second kappa shape index (κ2) is 11.4. The lowest BCUT2D eigenvalue weighted by Crippen LogP contribution is -2.43. The molecule has 8 heteroatoms. The van der Waals surface area contributed by atoms with E-state index in [1.807, 2.05) is 19.9 Å². The number of piperidine rings is 1. The van der Waals surface area contributed by atoms with Gasteiger partial charge in [0.15, 0.2) is 0 Å². The topological polar surface area (TPSA) is 83.6 Å². The zero-order chi connectivity index (χ0) is 19.6. The molecule has 0 atom stereocenters. The van der Waals surface area contributed by atoms with Crippen LogP contribution in [0.25, 0.3) is 0 Å². The van der Waals surface area contributed by atoms with Crippen LogP contribution in [0.3, 0.4) is 0 Å². The van der Waals surface area contributed by atoms with Crippen molar-refractivity contribution in [2.24, 2.45) is 5.92 Å². The van der Waals surface area contributed by atoms with E-state index >= 15 is 0 Å². The summed E-state index contributed by atoms with van der Waals surface area (Å²) < 4.78 is 6.33. The predicted octanol–water partition coefficient (Wildman–Crippen LogP) is 2.43. The third-order valence-corrected chi connectivity index (χ3v) is 4.86. The summed E-state index contributed by atoms with van der Waals surface area (Å²) in [4.78, 5) is 30.6. The first-order valence-electron chi connectivity index (χ1n) is 9.47. The minimum Gasteiger partial charge on any atom is -0.379 e. The second-order valence-electron chi connectivity index (χ2n) is 7.02. The quantitative estimate of drug-likeness (QED) is 0.576. The van der Waals surface area contributed by atoms with Crippen LogP contribution in [-0.4, -0.2) is 60.6 Å². The van der Waals surface area contributed by atoms with Crippen LogP contribution < -0.4 is 10.6 Å². The summed E-state index contributed by atoms with van der Waals surface area (Å²) in [5, 5.41) is 5.78. The molecular weight excluding hydrogens is 412 g/mol. The van der Waals surface area contributed by atoms with E-state index in [0.717, 1.165) is 36.8 Å². The number of ether oxygens (including phenoxy) is 1. The van der Waals surface area contributed by atoms with Crippen LogP contribution in [-0.2, 0) is 14.3 Å². The molecule has 0 aromatic carbocycles. The van der Waals surface area contributed by atoms with Gasteiger partial charge in [0.25, 0.3) is 0 Å². The standard InChI is InChI=1S/C19H29BrN4O3/c1-14(2)27-11-3-8-21-19(26)15-6-9-24(10-7-15)13-18(25)23-17-5-4-16(20)12-22-17/h4-5,12,14-15H,3,6-11,13H2,1-2H3,(H,21,26)(H,22,23,25). The SMILES string of the molecule is CC(C)OCCCNC(=O)C1CCN(CC(=O)Nc2ccc(Br)cn2)CC1. The Labute approximate surface area is 169 Å². The molecule has 0 spiro atoms. The van der Waals surface area contributed by atoms with Crippen molar-refractivity contribution >= 4 is 33.6 Å². The molecule has 0 saturated carbocycles. The van der Waals surface area contributed by atoms with Gasteiger partial charge in [0.05, 0.1) is 12.6 Å². The van der Waals surface area contributed by atoms with Gasteiger partial charge < -0.3 is 15.4 Å². The first-order valence-corrected chi connectivity index (χ1v) is 10.3. The maximum atomic E-state index is 12.2. The van der Waals surface area contributed by atoms with Gasteiger partial charge >= 0.3 is 0 Å². The zero-order valence-electron chi connectivity index (χ0n) is 16.0. The summed E-state index contributed by atoms with van der Waals surface area (Å²) in [6.45, 7) is 7.13. The number of likely N-dealkylation sites (tertiary alicyclic amines) is 1. The van der Waals surface area contributed by atoms with Crippen LogP contribution >= 0.6 is 15.9 Å². The van der Waals surface area contributed by atoms with Crippen molar-refractivity contribution in [3.05, 3.63) is 22.8 Å². The number of hydrogen-bond donors (Lipinski definition) is 2. The van der Waals surface area contributed by atoms with Gasteiger partial charge in [-0.2, -0.15) is 0 Å². The molecule has 1 aliphatic rings. The van der Waals surface area contributed by atoms with Crippen LogP contribution in [0.1, 0.15) is 33.1 Å². The Balaban J connectivity index is 1.62. The molecular formula is C19H29BrN4O3. The van der Waals surface area contributed by atoms with Crippen molar-refractivity contribution in [2.75, 3.05) is 38.1 Å². The molecule has 1 aliphatic heterocycles. The molecule has 1 fully saturated rings. The van der Waals surface area contributed by atoms with Crippen LogP contribution in [0.5, 0.6) is 0 Å². The monoisotopic (exact) mass is 440 g/mol. The number of pyridine rings is 1. The summed E-state index contributed by atoms with van der Waals surface area (Å²) in [5.41, 5.74) is 0. The highest BCUT2D eigenvalue weighted by molar-refractivity contribution is 9.10. The van der Waals surface area contributed by atoms with E-state index in [1.54, 1.807) is 12.3 Å². The van der Waals surface area contributed by atoms with E-state index in [4.69, 9.17) is 4.74 Å². The van der Waals surface area contributed by atoms with E-state index in [9.17, 15) is 9.59 Å². The molecule has 27 heavy (non-hydrogen) atoms. The molecule has 2 amide bonds. The predicted molar refractivity (Wildman–Crippen MR) is 108 cm³/mol. The van der Waals surface area contributed by atoms with Gasteiger partial charge in [0.1, 0.15) is 5.82 Å². The number of carbonyl (C=O) groups excluding carboxylic acids is 2. The van der Waals surface area contributed by atoms with E-state index in [0.29, 0.717) is 25.5 Å². The average molecular weight is 441 g/mol. The summed E-state index contributed by atoms with van der Waals surface area (Å²) in [6.07, 6.45) is 4.25. The van der Waals surface area contributed by atoms with Crippen LogP contribution in [0.15, 0.2) is 22.8 Å². The summed E-state index contributed by atoms with van der Waals surface area (Å²) in [6, 6.07) is 3.59. The van der Waals surface area contributed by atoms with E-state index in [1.165, 1.54) is 0 Å². The molecule has 2 N–H and O–H groups in total. The minimum atomic E-state index is -0.0853. The Morgan fingerprint density at radius 3 is 2.70 bits per heavy atom. The summed E-state index contributed by atoms with van der Waals surface area (Å²) >= 11 is 3.32. The molecule has 0 aliphatic carbocycles. The van der Waals surface area contributed by atoms with E-state index in [-0.39, 0.29) is 23.8 Å². The maximum Gasteiger partial charge on any atom is 0.239 e. The van der Waals surface area contributed by atoms with Gasteiger partial charge in [-0.25, -0.2) is 4.98 Å². The third-order valence-electron chi connectivity index (χ3n) is 4.39. The Hall–Kier alpha value is -1.51. The summed E-state index contributed by atoms with van der Waals surface area (Å²) in [5.74, 6) is 0.600. The highest BCUT2D eigenvalue weighted by atomic mass is 79.9. The maximum absolute atomic E-state index is 12.2. The molecule has 150 valence electrons. The Bertz CT molecular complexity index is 601. The van der Waals surface area contributed by atoms with Crippen molar-refractivity contribution in [1.29, 1.82) is 0 Å². The smallest absolute Gasteiger partial charge is 0.239 e. The third kappa shape index (κ3) is 8.36. The van der Waals surface area contributed by atoms with Crippen LogP contribution in [0, 0.1) is 5.92 Å². The van der Waals surface area contributed by atoms with Crippen molar-refractivity contribution < 1.29 is 14.3 Å². The number of halogens is 1. The van der Waals surface area contributed by atoms with Gasteiger partial charge in [0.2, 0.25) is 11.8 Å². The lowest BCUT2D eigenvalue weighted by Gasteiger charge is -2.30. The fraction of sp³-hybridized carbons (Fsp3) is 0.632. The molecule has 2 heterocycles. The Morgan fingerprint density at radius 2 is 2.07 bits per heavy atom. The highest BCUT2D eigenvalue weighted by Crippen LogP contribution is 2.17. The van der Waals surface area contributed by atoms with E-state index < -0.39 is 0 Å². The second-order valence-corrected chi connectivity index (χ2v) is 7.94. The van der Waals surface area contributed by atoms with Crippen molar-refractivity contribution in [3.63, 3.8) is 0 Å². The molecule has 0 radical (unpaired) electrons.